The highest BCUT2D eigenvalue weighted by Gasteiger charge is 2.20. The van der Waals surface area contributed by atoms with Crippen LogP contribution in [0.2, 0.25) is 5.15 Å². The fourth-order valence-electron chi connectivity index (χ4n) is 1.04. The lowest BCUT2D eigenvalue weighted by Gasteiger charge is -2.16. The third-order valence-corrected chi connectivity index (χ3v) is 2.56. The second-order valence-electron chi connectivity index (χ2n) is 2.91. The number of rotatable bonds is 3. The molecule has 0 aliphatic heterocycles. The zero-order chi connectivity index (χ0) is 11.4. The number of nitrogens with zero attached hydrogens (tertiary/aromatic N) is 2. The Morgan fingerprint density at radius 3 is 2.80 bits per heavy atom. The molecule has 1 rings (SSSR count). The van der Waals surface area contributed by atoms with Crippen LogP contribution in [-0.4, -0.2) is 27.1 Å². The Hall–Kier alpha value is -0.800. The van der Waals surface area contributed by atoms with Gasteiger partial charge in [-0.25, -0.2) is 4.98 Å². The lowest BCUT2D eigenvalue weighted by Crippen LogP contribution is -2.20. The number of hydrogen-bond acceptors (Lipinski definition) is 5. The third kappa shape index (κ3) is 2.83. The average molecular weight is 245 g/mol. The van der Waals surface area contributed by atoms with Gasteiger partial charge in [0, 0.05) is 17.5 Å². The van der Waals surface area contributed by atoms with Gasteiger partial charge in [0.25, 0.3) is 0 Å². The first kappa shape index (κ1) is 12.3. The molecular weight excluding hydrogens is 236 g/mol. The van der Waals surface area contributed by atoms with Crippen molar-refractivity contribution >= 4 is 24.2 Å². The highest BCUT2D eigenvalue weighted by molar-refractivity contribution is 7.80. The van der Waals surface area contributed by atoms with E-state index in [4.69, 9.17) is 16.9 Å². The summed E-state index contributed by atoms with van der Waals surface area (Å²) in [5, 5.41) is 27.7. The molecule has 6 heteroatoms. The summed E-state index contributed by atoms with van der Waals surface area (Å²) in [7, 11) is 0. The number of hydrogen-bond donors (Lipinski definition) is 3. The summed E-state index contributed by atoms with van der Waals surface area (Å²) in [6.45, 7) is 0. The fourth-order valence-corrected chi connectivity index (χ4v) is 1.46. The van der Waals surface area contributed by atoms with Crippen LogP contribution in [0, 0.1) is 11.3 Å². The zero-order valence-corrected chi connectivity index (χ0v) is 9.28. The standard InChI is InChI=1S/C9H9ClN2O2S/c10-9-6(8(14)7(13)4-15)1-5(2-11)3-12-9/h1,3,7-8,13-15H,4H2. The Bertz CT molecular complexity index is 394. The van der Waals surface area contributed by atoms with Crippen molar-refractivity contribution in [1.82, 2.24) is 4.98 Å². The SMILES string of the molecule is N#Cc1cnc(Cl)c(C(O)C(O)CS)c1. The molecule has 2 unspecified atom stereocenters. The summed E-state index contributed by atoms with van der Waals surface area (Å²) in [5.41, 5.74) is 0.511. The molecule has 0 bridgehead atoms. The van der Waals surface area contributed by atoms with E-state index < -0.39 is 12.2 Å². The van der Waals surface area contributed by atoms with E-state index >= 15 is 0 Å². The highest BCUT2D eigenvalue weighted by Crippen LogP contribution is 2.24. The molecule has 0 saturated carbocycles. The smallest absolute Gasteiger partial charge is 0.134 e. The van der Waals surface area contributed by atoms with Gasteiger partial charge in [0.2, 0.25) is 0 Å². The quantitative estimate of drug-likeness (QED) is 0.546. The van der Waals surface area contributed by atoms with Gasteiger partial charge in [0.05, 0.1) is 11.7 Å². The van der Waals surface area contributed by atoms with E-state index in [1.165, 1.54) is 12.3 Å². The van der Waals surface area contributed by atoms with E-state index in [1.54, 1.807) is 0 Å². The second kappa shape index (κ2) is 5.33. The number of aliphatic hydroxyl groups excluding tert-OH is 2. The maximum atomic E-state index is 9.66. The van der Waals surface area contributed by atoms with Gasteiger partial charge in [-0.3, -0.25) is 0 Å². The van der Waals surface area contributed by atoms with Gasteiger partial charge >= 0.3 is 0 Å². The van der Waals surface area contributed by atoms with Crippen molar-refractivity contribution in [2.45, 2.75) is 12.2 Å². The molecule has 4 nitrogen and oxygen atoms in total. The number of nitriles is 1. The first-order chi connectivity index (χ1) is 7.10. The molecular formula is C9H9ClN2O2S. The number of halogens is 1. The van der Waals surface area contributed by atoms with Crippen molar-refractivity contribution in [1.29, 1.82) is 5.26 Å². The predicted molar refractivity (Wildman–Crippen MR) is 58.8 cm³/mol. The van der Waals surface area contributed by atoms with Crippen molar-refractivity contribution in [3.05, 3.63) is 28.5 Å². The van der Waals surface area contributed by atoms with E-state index in [1.807, 2.05) is 6.07 Å². The molecule has 0 radical (unpaired) electrons. The van der Waals surface area contributed by atoms with Crippen LogP contribution in [0.3, 0.4) is 0 Å². The van der Waals surface area contributed by atoms with Crippen LogP contribution in [0.1, 0.15) is 17.2 Å². The molecule has 1 aromatic rings. The van der Waals surface area contributed by atoms with Crippen LogP contribution in [0.15, 0.2) is 12.3 Å². The molecule has 0 fully saturated rings. The van der Waals surface area contributed by atoms with Crippen molar-refractivity contribution in [2.24, 2.45) is 0 Å². The van der Waals surface area contributed by atoms with Crippen molar-refractivity contribution in [2.75, 3.05) is 5.75 Å². The largest absolute Gasteiger partial charge is 0.389 e. The first-order valence-corrected chi connectivity index (χ1v) is 5.13. The Morgan fingerprint density at radius 1 is 1.60 bits per heavy atom. The number of aliphatic hydroxyl groups is 2. The Balaban J connectivity index is 3.07. The monoisotopic (exact) mass is 244 g/mol. The Labute approximate surface area is 97.6 Å². The molecule has 0 aliphatic rings. The number of thiol groups is 1. The molecule has 80 valence electrons. The summed E-state index contributed by atoms with van der Waals surface area (Å²) < 4.78 is 0. The summed E-state index contributed by atoms with van der Waals surface area (Å²) in [6, 6.07) is 3.27. The van der Waals surface area contributed by atoms with Gasteiger partial charge in [-0.05, 0) is 6.07 Å². The zero-order valence-electron chi connectivity index (χ0n) is 7.63. The van der Waals surface area contributed by atoms with Crippen LogP contribution in [0.5, 0.6) is 0 Å². The van der Waals surface area contributed by atoms with Crippen molar-refractivity contribution in [3.8, 4) is 6.07 Å². The summed E-state index contributed by atoms with van der Waals surface area (Å²) in [6.07, 6.45) is -0.927. The molecule has 1 heterocycles. The number of aromatic nitrogens is 1. The van der Waals surface area contributed by atoms with Gasteiger partial charge in [-0.2, -0.15) is 17.9 Å². The fraction of sp³-hybridized carbons (Fsp3) is 0.333. The normalized spacial score (nSPS) is 14.3. The molecule has 2 N–H and O–H groups in total. The van der Waals surface area contributed by atoms with E-state index in [0.29, 0.717) is 0 Å². The molecule has 0 amide bonds. The minimum absolute atomic E-state index is 0.0716. The molecule has 15 heavy (non-hydrogen) atoms. The lowest BCUT2D eigenvalue weighted by molar-refractivity contribution is 0.0336. The summed E-state index contributed by atoms with van der Waals surface area (Å²) in [4.78, 5) is 3.73. The third-order valence-electron chi connectivity index (χ3n) is 1.87. The van der Waals surface area contributed by atoms with Crippen LogP contribution in [0.25, 0.3) is 0 Å². The van der Waals surface area contributed by atoms with Gasteiger partial charge in [-0.1, -0.05) is 11.6 Å². The summed E-state index contributed by atoms with van der Waals surface area (Å²) in [5.74, 6) is 0.0915. The molecule has 2 atom stereocenters. The first-order valence-electron chi connectivity index (χ1n) is 4.12. The van der Waals surface area contributed by atoms with Gasteiger partial charge in [0.1, 0.15) is 17.3 Å². The van der Waals surface area contributed by atoms with Crippen molar-refractivity contribution in [3.63, 3.8) is 0 Å². The highest BCUT2D eigenvalue weighted by atomic mass is 35.5. The molecule has 0 aromatic carbocycles. The van der Waals surface area contributed by atoms with Crippen LogP contribution in [0.4, 0.5) is 0 Å². The second-order valence-corrected chi connectivity index (χ2v) is 3.63. The maximum Gasteiger partial charge on any atom is 0.134 e. The average Bonchev–Trinajstić information content (AvgIpc) is 2.27. The van der Waals surface area contributed by atoms with Crippen molar-refractivity contribution < 1.29 is 10.2 Å². The Kier molecular flexibility index (Phi) is 4.36. The Morgan fingerprint density at radius 2 is 2.27 bits per heavy atom. The molecule has 0 saturated heterocycles. The summed E-state index contributed by atoms with van der Waals surface area (Å²) >= 11 is 9.58. The van der Waals surface area contributed by atoms with E-state index in [2.05, 4.69) is 17.6 Å². The molecule has 0 aliphatic carbocycles. The molecule has 0 spiro atoms. The predicted octanol–water partition coefficient (Wildman–Crippen LogP) is 0.931. The van der Waals surface area contributed by atoms with Gasteiger partial charge in [0.15, 0.2) is 0 Å². The van der Waals surface area contributed by atoms with E-state index in [9.17, 15) is 10.2 Å². The number of pyridine rings is 1. The van der Waals surface area contributed by atoms with Crippen LogP contribution < -0.4 is 0 Å². The minimum atomic E-state index is -1.18. The minimum Gasteiger partial charge on any atom is -0.389 e. The topological polar surface area (TPSA) is 77.1 Å². The molecule has 1 aromatic heterocycles. The maximum absolute atomic E-state index is 9.66. The van der Waals surface area contributed by atoms with Crippen LogP contribution >= 0.6 is 24.2 Å². The van der Waals surface area contributed by atoms with Crippen LogP contribution in [-0.2, 0) is 0 Å². The van der Waals surface area contributed by atoms with E-state index in [-0.39, 0.29) is 22.0 Å². The van der Waals surface area contributed by atoms with Gasteiger partial charge < -0.3 is 10.2 Å². The lowest BCUT2D eigenvalue weighted by atomic mass is 10.1. The van der Waals surface area contributed by atoms with Gasteiger partial charge in [-0.15, -0.1) is 0 Å². The van der Waals surface area contributed by atoms with E-state index in [0.717, 1.165) is 0 Å².